The normalized spacial score (nSPS) is 10.2. The first-order chi connectivity index (χ1) is 8.21. The molecule has 0 aliphatic heterocycles. The molecule has 0 aromatic heterocycles. The summed E-state index contributed by atoms with van der Waals surface area (Å²) < 4.78 is 0. The zero-order valence-electron chi connectivity index (χ0n) is 9.63. The maximum absolute atomic E-state index is 9.06. The number of nitrogens with one attached hydrogen (secondary N) is 1. The van der Waals surface area contributed by atoms with Crippen molar-refractivity contribution >= 4 is 29.6 Å². The quantitative estimate of drug-likeness (QED) is 0.367. The molecule has 0 spiro atoms. The Balaban J connectivity index is 2.74. The second-order valence-corrected chi connectivity index (χ2v) is 3.60. The van der Waals surface area contributed by atoms with Crippen molar-refractivity contribution in [1.82, 2.24) is 10.3 Å². The summed E-state index contributed by atoms with van der Waals surface area (Å²) in [5.41, 5.74) is 1.97. The van der Waals surface area contributed by atoms with Crippen molar-refractivity contribution in [2.45, 2.75) is 0 Å². The molecule has 0 saturated heterocycles. The molecule has 0 amide bonds. The molecule has 2 N–H and O–H groups in total. The molecule has 4 nitrogen and oxygen atoms in total. The Morgan fingerprint density at radius 2 is 2.06 bits per heavy atom. The van der Waals surface area contributed by atoms with Crippen LogP contribution < -0.4 is 5.32 Å². The monoisotopic (exact) mass is 249 g/mol. The summed E-state index contributed by atoms with van der Waals surface area (Å²) in [6.45, 7) is 3.42. The maximum atomic E-state index is 9.06. The summed E-state index contributed by atoms with van der Waals surface area (Å²) >= 11 is 4.96. The Bertz CT molecular complexity index is 414. The SMILES string of the molecule is C=Cc1ccc(C=NN(CO)C(=S)NC)cc1. The zero-order chi connectivity index (χ0) is 12.7. The molecule has 1 aromatic carbocycles. The van der Waals surface area contributed by atoms with E-state index >= 15 is 0 Å². The van der Waals surface area contributed by atoms with Crippen molar-refractivity contribution in [3.8, 4) is 0 Å². The first-order valence-corrected chi connectivity index (χ1v) is 5.48. The molecule has 17 heavy (non-hydrogen) atoms. The topological polar surface area (TPSA) is 47.9 Å². The van der Waals surface area contributed by atoms with Gasteiger partial charge in [0, 0.05) is 7.05 Å². The molecule has 1 aromatic rings. The van der Waals surface area contributed by atoms with E-state index in [1.54, 1.807) is 19.3 Å². The minimum Gasteiger partial charge on any atom is -0.374 e. The Hall–Kier alpha value is -1.72. The molecule has 0 aliphatic carbocycles. The van der Waals surface area contributed by atoms with Crippen LogP contribution in [0, 0.1) is 0 Å². The van der Waals surface area contributed by atoms with Crippen molar-refractivity contribution in [3.05, 3.63) is 42.0 Å². The van der Waals surface area contributed by atoms with Gasteiger partial charge in [0.1, 0.15) is 6.73 Å². The van der Waals surface area contributed by atoms with E-state index in [4.69, 9.17) is 17.3 Å². The molecule has 5 heteroatoms. The van der Waals surface area contributed by atoms with Crippen LogP contribution in [0.25, 0.3) is 6.08 Å². The maximum Gasteiger partial charge on any atom is 0.191 e. The summed E-state index contributed by atoms with van der Waals surface area (Å²) in [6.07, 6.45) is 3.41. The van der Waals surface area contributed by atoms with Crippen LogP contribution >= 0.6 is 12.2 Å². The van der Waals surface area contributed by atoms with Gasteiger partial charge in [0.25, 0.3) is 0 Å². The number of hydrogen-bond donors (Lipinski definition) is 2. The molecule has 0 aliphatic rings. The second kappa shape index (κ2) is 6.78. The van der Waals surface area contributed by atoms with E-state index in [9.17, 15) is 0 Å². The molecule has 0 atom stereocenters. The number of benzene rings is 1. The number of aliphatic hydroxyl groups excluding tert-OH is 1. The van der Waals surface area contributed by atoms with Gasteiger partial charge in [0.15, 0.2) is 5.11 Å². The van der Waals surface area contributed by atoms with Crippen LogP contribution in [0.5, 0.6) is 0 Å². The van der Waals surface area contributed by atoms with Gasteiger partial charge < -0.3 is 10.4 Å². The van der Waals surface area contributed by atoms with E-state index in [1.807, 2.05) is 24.3 Å². The number of hydrazone groups is 1. The second-order valence-electron chi connectivity index (χ2n) is 3.21. The fraction of sp³-hybridized carbons (Fsp3) is 0.167. The predicted octanol–water partition coefficient (Wildman–Crippen LogP) is 1.42. The molecule has 0 radical (unpaired) electrons. The van der Waals surface area contributed by atoms with Crippen LogP contribution in [0.1, 0.15) is 11.1 Å². The first kappa shape index (κ1) is 13.3. The number of aliphatic hydroxyl groups is 1. The first-order valence-electron chi connectivity index (χ1n) is 5.08. The number of hydrogen-bond acceptors (Lipinski definition) is 3. The summed E-state index contributed by atoms with van der Waals surface area (Å²) in [7, 11) is 1.68. The van der Waals surface area contributed by atoms with E-state index in [1.165, 1.54) is 5.01 Å². The predicted molar refractivity (Wildman–Crippen MR) is 74.7 cm³/mol. The lowest BCUT2D eigenvalue weighted by Crippen LogP contribution is -2.34. The van der Waals surface area contributed by atoms with Crippen LogP contribution in [0.15, 0.2) is 35.9 Å². The fourth-order valence-corrected chi connectivity index (χ4v) is 1.24. The van der Waals surface area contributed by atoms with E-state index in [0.29, 0.717) is 5.11 Å². The van der Waals surface area contributed by atoms with Gasteiger partial charge >= 0.3 is 0 Å². The van der Waals surface area contributed by atoms with Gasteiger partial charge in [-0.15, -0.1) is 0 Å². The lowest BCUT2D eigenvalue weighted by atomic mass is 10.1. The lowest BCUT2D eigenvalue weighted by Gasteiger charge is -2.15. The summed E-state index contributed by atoms with van der Waals surface area (Å²) in [4.78, 5) is 0. The molecule has 0 heterocycles. The summed E-state index contributed by atoms with van der Waals surface area (Å²) in [6, 6.07) is 7.71. The van der Waals surface area contributed by atoms with Crippen molar-refractivity contribution in [2.24, 2.45) is 5.10 Å². The zero-order valence-corrected chi connectivity index (χ0v) is 10.4. The van der Waals surface area contributed by atoms with Gasteiger partial charge in [0.05, 0.1) is 6.21 Å². The number of nitrogens with zero attached hydrogens (tertiary/aromatic N) is 2. The summed E-state index contributed by atoms with van der Waals surface area (Å²) in [5, 5.41) is 17.5. The Morgan fingerprint density at radius 3 is 2.53 bits per heavy atom. The average molecular weight is 249 g/mol. The van der Waals surface area contributed by atoms with E-state index in [2.05, 4.69) is 17.0 Å². The van der Waals surface area contributed by atoms with Crippen molar-refractivity contribution in [3.63, 3.8) is 0 Å². The van der Waals surface area contributed by atoms with Gasteiger partial charge in [-0.2, -0.15) is 5.10 Å². The Kier molecular flexibility index (Phi) is 5.32. The van der Waals surface area contributed by atoms with Crippen LogP contribution in [0.2, 0.25) is 0 Å². The highest BCUT2D eigenvalue weighted by molar-refractivity contribution is 7.80. The van der Waals surface area contributed by atoms with Crippen LogP contribution in [0.3, 0.4) is 0 Å². The third kappa shape index (κ3) is 3.97. The highest BCUT2D eigenvalue weighted by atomic mass is 32.1. The number of thiocarbonyl (C=S) groups is 1. The van der Waals surface area contributed by atoms with Gasteiger partial charge in [-0.3, -0.25) is 0 Å². The van der Waals surface area contributed by atoms with Crippen LogP contribution in [-0.4, -0.2) is 35.2 Å². The third-order valence-corrected chi connectivity index (χ3v) is 2.52. The van der Waals surface area contributed by atoms with Crippen molar-refractivity contribution in [1.29, 1.82) is 0 Å². The van der Waals surface area contributed by atoms with Crippen molar-refractivity contribution in [2.75, 3.05) is 13.8 Å². The lowest BCUT2D eigenvalue weighted by molar-refractivity contribution is 0.174. The highest BCUT2D eigenvalue weighted by Crippen LogP contribution is 2.03. The van der Waals surface area contributed by atoms with Crippen LogP contribution in [0.4, 0.5) is 0 Å². The molecular formula is C12H15N3OS. The smallest absolute Gasteiger partial charge is 0.191 e. The van der Waals surface area contributed by atoms with Gasteiger partial charge in [-0.1, -0.05) is 36.9 Å². The molecule has 1 rings (SSSR count). The standard InChI is InChI=1S/C12H15N3OS/c1-3-10-4-6-11(7-5-10)8-14-15(9-16)12(17)13-2/h3-8,16H,1,9H2,2H3,(H,13,17). The third-order valence-electron chi connectivity index (χ3n) is 2.10. The molecule has 90 valence electrons. The molecule has 0 fully saturated rings. The van der Waals surface area contributed by atoms with Crippen LogP contribution in [-0.2, 0) is 0 Å². The number of rotatable bonds is 4. The Morgan fingerprint density at radius 1 is 1.47 bits per heavy atom. The molecule has 0 unspecified atom stereocenters. The van der Waals surface area contributed by atoms with Gasteiger partial charge in [-0.05, 0) is 23.3 Å². The van der Waals surface area contributed by atoms with E-state index in [-0.39, 0.29) is 6.73 Å². The molecule has 0 bridgehead atoms. The highest BCUT2D eigenvalue weighted by Gasteiger charge is 2.02. The fourth-order valence-electron chi connectivity index (χ4n) is 1.14. The van der Waals surface area contributed by atoms with E-state index < -0.39 is 0 Å². The minimum absolute atomic E-state index is 0.263. The molecule has 0 saturated carbocycles. The Labute approximate surface area is 106 Å². The molecular weight excluding hydrogens is 234 g/mol. The van der Waals surface area contributed by atoms with Gasteiger partial charge in [-0.25, -0.2) is 5.01 Å². The van der Waals surface area contributed by atoms with Gasteiger partial charge in [0.2, 0.25) is 0 Å². The summed E-state index contributed by atoms with van der Waals surface area (Å²) in [5.74, 6) is 0. The minimum atomic E-state index is -0.263. The van der Waals surface area contributed by atoms with Crippen molar-refractivity contribution < 1.29 is 5.11 Å². The van der Waals surface area contributed by atoms with E-state index in [0.717, 1.165) is 11.1 Å². The average Bonchev–Trinajstić information content (AvgIpc) is 2.39. The largest absolute Gasteiger partial charge is 0.374 e.